The first-order valence-electron chi connectivity index (χ1n) is 6.52. The van der Waals surface area contributed by atoms with Crippen molar-refractivity contribution in [3.63, 3.8) is 0 Å². The Bertz CT molecular complexity index is 593. The van der Waals surface area contributed by atoms with E-state index in [1.54, 1.807) is 13.1 Å². The molecule has 0 saturated carbocycles. The molecule has 0 unspecified atom stereocenters. The fourth-order valence-electron chi connectivity index (χ4n) is 2.16. The summed E-state index contributed by atoms with van der Waals surface area (Å²) >= 11 is 0. The molecular formula is C15H20N2O3. The predicted molar refractivity (Wildman–Crippen MR) is 75.2 cm³/mol. The van der Waals surface area contributed by atoms with E-state index in [9.17, 15) is 10.2 Å². The van der Waals surface area contributed by atoms with E-state index >= 15 is 0 Å². The van der Waals surface area contributed by atoms with Gasteiger partial charge in [-0.2, -0.15) is 0 Å². The summed E-state index contributed by atoms with van der Waals surface area (Å²) in [7, 11) is 1.94. The van der Waals surface area contributed by atoms with Crippen molar-refractivity contribution in [3.8, 4) is 5.75 Å². The summed E-state index contributed by atoms with van der Waals surface area (Å²) in [6.07, 6.45) is 1.61. The molecule has 2 heterocycles. The topological polar surface area (TPSA) is 69.7 Å². The van der Waals surface area contributed by atoms with Crippen LogP contribution in [-0.4, -0.2) is 27.1 Å². The van der Waals surface area contributed by atoms with Crippen molar-refractivity contribution < 1.29 is 14.6 Å². The van der Waals surface area contributed by atoms with E-state index in [1.165, 1.54) is 0 Å². The normalized spacial score (nSPS) is 11.2. The molecule has 2 aromatic heterocycles. The fourth-order valence-corrected chi connectivity index (χ4v) is 2.16. The Kier molecular flexibility index (Phi) is 4.42. The average Bonchev–Trinajstić information content (AvgIpc) is 2.80. The number of nitrogens with zero attached hydrogens (tertiary/aromatic N) is 2. The predicted octanol–water partition coefficient (Wildman–Crippen LogP) is 2.12. The lowest BCUT2D eigenvalue weighted by Gasteiger charge is -2.18. The van der Waals surface area contributed by atoms with Crippen LogP contribution in [0.25, 0.3) is 0 Å². The van der Waals surface area contributed by atoms with Crippen LogP contribution >= 0.6 is 0 Å². The van der Waals surface area contributed by atoms with E-state index < -0.39 is 0 Å². The van der Waals surface area contributed by atoms with Gasteiger partial charge in [-0.1, -0.05) is 0 Å². The van der Waals surface area contributed by atoms with Gasteiger partial charge in [0.15, 0.2) is 0 Å². The van der Waals surface area contributed by atoms with Crippen LogP contribution in [0.5, 0.6) is 5.75 Å². The molecule has 0 atom stereocenters. The van der Waals surface area contributed by atoms with Crippen molar-refractivity contribution in [2.24, 2.45) is 0 Å². The molecular weight excluding hydrogens is 256 g/mol. The SMILES string of the molecule is Cc1ccc(CN(C)Cc2c(CO)cnc(C)c2O)o1. The molecule has 5 heteroatoms. The summed E-state index contributed by atoms with van der Waals surface area (Å²) in [5.41, 5.74) is 1.93. The Morgan fingerprint density at radius 3 is 2.60 bits per heavy atom. The molecule has 108 valence electrons. The van der Waals surface area contributed by atoms with Crippen molar-refractivity contribution in [2.75, 3.05) is 7.05 Å². The Morgan fingerprint density at radius 2 is 2.00 bits per heavy atom. The van der Waals surface area contributed by atoms with Gasteiger partial charge < -0.3 is 14.6 Å². The summed E-state index contributed by atoms with van der Waals surface area (Å²) in [5, 5.41) is 19.5. The first-order valence-corrected chi connectivity index (χ1v) is 6.52. The molecule has 5 nitrogen and oxygen atoms in total. The minimum atomic E-state index is -0.135. The van der Waals surface area contributed by atoms with Gasteiger partial charge in [-0.25, -0.2) is 0 Å². The molecule has 2 aromatic rings. The van der Waals surface area contributed by atoms with E-state index in [4.69, 9.17) is 4.42 Å². The second-order valence-electron chi connectivity index (χ2n) is 5.04. The van der Waals surface area contributed by atoms with Crippen molar-refractivity contribution in [1.82, 2.24) is 9.88 Å². The first-order chi connectivity index (χ1) is 9.51. The third-order valence-corrected chi connectivity index (χ3v) is 3.25. The van der Waals surface area contributed by atoms with Gasteiger partial charge in [0, 0.05) is 23.9 Å². The van der Waals surface area contributed by atoms with Gasteiger partial charge in [-0.05, 0) is 33.0 Å². The Hall–Kier alpha value is -1.85. The van der Waals surface area contributed by atoms with Gasteiger partial charge in [-0.3, -0.25) is 9.88 Å². The molecule has 0 aliphatic carbocycles. The largest absolute Gasteiger partial charge is 0.506 e. The van der Waals surface area contributed by atoms with Crippen LogP contribution in [0.1, 0.15) is 28.3 Å². The lowest BCUT2D eigenvalue weighted by Crippen LogP contribution is -2.18. The van der Waals surface area contributed by atoms with Gasteiger partial charge in [-0.15, -0.1) is 0 Å². The van der Waals surface area contributed by atoms with Gasteiger partial charge >= 0.3 is 0 Å². The second kappa shape index (κ2) is 6.07. The molecule has 0 bridgehead atoms. The maximum Gasteiger partial charge on any atom is 0.141 e. The number of aromatic nitrogens is 1. The van der Waals surface area contributed by atoms with Crippen LogP contribution in [0.2, 0.25) is 0 Å². The Morgan fingerprint density at radius 1 is 1.25 bits per heavy atom. The number of pyridine rings is 1. The molecule has 0 saturated heterocycles. The molecule has 2 N–H and O–H groups in total. The number of aryl methyl sites for hydroxylation is 2. The molecule has 0 fully saturated rings. The number of furan rings is 1. The molecule has 0 spiro atoms. The standard InChI is InChI=1S/C15H20N2O3/c1-10-4-5-13(20-10)7-17(3)8-14-12(9-18)6-16-11(2)15(14)19/h4-6,18-19H,7-9H2,1-3H3. The minimum Gasteiger partial charge on any atom is -0.506 e. The number of aromatic hydroxyl groups is 1. The van der Waals surface area contributed by atoms with Crippen LogP contribution < -0.4 is 0 Å². The average molecular weight is 276 g/mol. The van der Waals surface area contributed by atoms with Crippen molar-refractivity contribution >= 4 is 0 Å². The number of hydrogen-bond acceptors (Lipinski definition) is 5. The molecule has 0 aliphatic rings. The fraction of sp³-hybridized carbons (Fsp3) is 0.400. The monoisotopic (exact) mass is 276 g/mol. The van der Waals surface area contributed by atoms with Crippen LogP contribution in [0.3, 0.4) is 0 Å². The highest BCUT2D eigenvalue weighted by Gasteiger charge is 2.14. The smallest absolute Gasteiger partial charge is 0.141 e. The third-order valence-electron chi connectivity index (χ3n) is 3.25. The number of aliphatic hydroxyl groups excluding tert-OH is 1. The summed E-state index contributed by atoms with van der Waals surface area (Å²) in [4.78, 5) is 6.08. The minimum absolute atomic E-state index is 0.135. The van der Waals surface area contributed by atoms with Crippen LogP contribution in [-0.2, 0) is 19.7 Å². The number of hydrogen-bond donors (Lipinski definition) is 2. The van der Waals surface area contributed by atoms with Gasteiger partial charge in [0.25, 0.3) is 0 Å². The molecule has 0 aliphatic heterocycles. The Balaban J connectivity index is 2.14. The van der Waals surface area contributed by atoms with E-state index in [0.29, 0.717) is 29.9 Å². The second-order valence-corrected chi connectivity index (χ2v) is 5.04. The summed E-state index contributed by atoms with van der Waals surface area (Å²) in [6, 6.07) is 3.87. The molecule has 2 rings (SSSR count). The highest BCUT2D eigenvalue weighted by Crippen LogP contribution is 2.25. The quantitative estimate of drug-likeness (QED) is 0.875. The Labute approximate surface area is 118 Å². The molecule has 0 aromatic carbocycles. The summed E-state index contributed by atoms with van der Waals surface area (Å²) in [5.74, 6) is 1.91. The van der Waals surface area contributed by atoms with E-state index in [0.717, 1.165) is 11.5 Å². The number of rotatable bonds is 5. The molecule has 20 heavy (non-hydrogen) atoms. The van der Waals surface area contributed by atoms with Crippen molar-refractivity contribution in [3.05, 3.63) is 46.7 Å². The molecule has 0 radical (unpaired) electrons. The van der Waals surface area contributed by atoms with E-state index in [1.807, 2.05) is 31.0 Å². The van der Waals surface area contributed by atoms with Gasteiger partial charge in [0.05, 0.1) is 18.8 Å². The van der Waals surface area contributed by atoms with E-state index in [2.05, 4.69) is 4.98 Å². The number of aliphatic hydroxyl groups is 1. The highest BCUT2D eigenvalue weighted by molar-refractivity contribution is 5.40. The van der Waals surface area contributed by atoms with Gasteiger partial charge in [0.2, 0.25) is 0 Å². The van der Waals surface area contributed by atoms with Crippen molar-refractivity contribution in [2.45, 2.75) is 33.5 Å². The van der Waals surface area contributed by atoms with Crippen LogP contribution in [0, 0.1) is 13.8 Å². The summed E-state index contributed by atoms with van der Waals surface area (Å²) < 4.78 is 5.54. The third kappa shape index (κ3) is 3.18. The zero-order chi connectivity index (χ0) is 14.7. The lowest BCUT2D eigenvalue weighted by atomic mass is 10.1. The maximum absolute atomic E-state index is 10.1. The van der Waals surface area contributed by atoms with Gasteiger partial charge in [0.1, 0.15) is 17.3 Å². The highest BCUT2D eigenvalue weighted by atomic mass is 16.3. The van der Waals surface area contributed by atoms with E-state index in [-0.39, 0.29) is 12.4 Å². The van der Waals surface area contributed by atoms with Crippen LogP contribution in [0.4, 0.5) is 0 Å². The first kappa shape index (κ1) is 14.6. The zero-order valence-corrected chi connectivity index (χ0v) is 12.1. The zero-order valence-electron chi connectivity index (χ0n) is 12.1. The van der Waals surface area contributed by atoms with Crippen molar-refractivity contribution in [1.29, 1.82) is 0 Å². The molecule has 0 amide bonds. The summed E-state index contributed by atoms with van der Waals surface area (Å²) in [6.45, 7) is 4.68. The van der Waals surface area contributed by atoms with Crippen LogP contribution in [0.15, 0.2) is 22.7 Å². The maximum atomic E-state index is 10.1. The lowest BCUT2D eigenvalue weighted by molar-refractivity contribution is 0.262.